The summed E-state index contributed by atoms with van der Waals surface area (Å²) in [5, 5.41) is 0. The van der Waals surface area contributed by atoms with Gasteiger partial charge in [-0.3, -0.25) is 0 Å². The van der Waals surface area contributed by atoms with E-state index >= 15 is 0 Å². The Hall–Kier alpha value is 0.178. The number of ether oxygens (including phenoxy) is 1. The number of esters is 1. The van der Waals surface area contributed by atoms with Gasteiger partial charge in [-0.05, 0) is 78.6 Å². The highest BCUT2D eigenvalue weighted by Gasteiger charge is 2.53. The minimum atomic E-state index is -1.96. The van der Waals surface area contributed by atoms with Gasteiger partial charge in [0, 0.05) is 0 Å². The molecule has 1 saturated heterocycles. The van der Waals surface area contributed by atoms with Crippen LogP contribution in [0.3, 0.4) is 0 Å². The van der Waals surface area contributed by atoms with Gasteiger partial charge in [0.2, 0.25) is 0 Å². The molecule has 0 saturated carbocycles. The number of cyclic esters (lactones) is 1. The summed E-state index contributed by atoms with van der Waals surface area (Å²) >= 11 is 0. The molecule has 1 aliphatic rings. The Kier molecular flexibility index (Phi) is 8.54. The van der Waals surface area contributed by atoms with Gasteiger partial charge in [-0.2, -0.15) is 0 Å². The van der Waals surface area contributed by atoms with E-state index in [4.69, 9.17) is 22.4 Å². The van der Waals surface area contributed by atoms with Crippen molar-refractivity contribution in [3.63, 3.8) is 0 Å². The molecule has 1 aliphatic heterocycles. The molecule has 0 N–H and O–H groups in total. The highest BCUT2D eigenvalue weighted by molar-refractivity contribution is 6.71. The third-order valence-electron chi connectivity index (χ3n) is 3.63. The van der Waals surface area contributed by atoms with Gasteiger partial charge in [-0.25, -0.2) is 4.79 Å². The molecule has 10 heteroatoms. The minimum Gasteiger partial charge on any atom is -0.455 e. The molecule has 0 aromatic heterocycles. The van der Waals surface area contributed by atoms with E-state index in [2.05, 4.69) is 78.6 Å². The van der Waals surface area contributed by atoms with Crippen molar-refractivity contribution in [2.45, 2.75) is 103 Å². The van der Waals surface area contributed by atoms with E-state index in [0.717, 1.165) is 0 Å². The lowest BCUT2D eigenvalue weighted by atomic mass is 10.1. The molecule has 0 bridgehead atoms. The normalized spacial score (nSPS) is 25.7. The molecule has 166 valence electrons. The summed E-state index contributed by atoms with van der Waals surface area (Å²) in [5.74, 6) is -0.340. The molecular formula is C18H42O6Si4. The Morgan fingerprint density at radius 2 is 1.29 bits per heavy atom. The lowest BCUT2D eigenvalue weighted by Gasteiger charge is -2.36. The maximum absolute atomic E-state index is 12.8. The Morgan fingerprint density at radius 3 is 1.68 bits per heavy atom. The van der Waals surface area contributed by atoms with Crippen LogP contribution in [0.2, 0.25) is 78.6 Å². The third-order valence-corrected chi connectivity index (χ3v) is 7.61. The lowest BCUT2D eigenvalue weighted by Crippen LogP contribution is -2.53. The Bertz CT molecular complexity index is 530. The number of hydrogen-bond acceptors (Lipinski definition) is 6. The molecule has 1 heterocycles. The highest BCUT2D eigenvalue weighted by Crippen LogP contribution is 2.31. The standard InChI is InChI=1S/C18H42O6Si4/c1-25(2,3)20-13-14(22-26(4,5)6)15-16(23-27(7,8)9)17(18(19)21-15)24-28(10,11)12/h14-17H,13H2,1-12H3/t14-,15-,16+,17-/m0/s1. The predicted octanol–water partition coefficient (Wildman–Crippen LogP) is 4.42. The SMILES string of the molecule is C[Si](C)(C)OC[C@H](O[Si](C)(C)C)[C@@H]1OC(=O)[C@@H](O[Si](C)(C)C)[C@@H]1O[Si](C)(C)C. The van der Waals surface area contributed by atoms with E-state index in [-0.39, 0.29) is 12.1 Å². The van der Waals surface area contributed by atoms with Crippen LogP contribution in [-0.4, -0.2) is 70.3 Å². The maximum atomic E-state index is 12.8. The molecule has 4 atom stereocenters. The van der Waals surface area contributed by atoms with E-state index in [1.165, 1.54) is 0 Å². The first kappa shape index (κ1) is 26.2. The van der Waals surface area contributed by atoms with Gasteiger partial charge in [0.05, 0.1) is 6.61 Å². The van der Waals surface area contributed by atoms with Gasteiger partial charge in [0.25, 0.3) is 0 Å². The minimum absolute atomic E-state index is 0.340. The van der Waals surface area contributed by atoms with Crippen LogP contribution in [0.5, 0.6) is 0 Å². The van der Waals surface area contributed by atoms with Crippen LogP contribution in [0.15, 0.2) is 0 Å². The number of carbonyl (C=O) groups is 1. The zero-order valence-corrected chi connectivity index (χ0v) is 24.0. The molecule has 0 aliphatic carbocycles. The zero-order chi connectivity index (χ0) is 22.1. The monoisotopic (exact) mass is 466 g/mol. The fraction of sp³-hybridized carbons (Fsp3) is 0.944. The van der Waals surface area contributed by atoms with E-state index in [0.29, 0.717) is 6.61 Å². The van der Waals surface area contributed by atoms with Crippen LogP contribution in [0.4, 0.5) is 0 Å². The van der Waals surface area contributed by atoms with Crippen molar-refractivity contribution >= 4 is 39.2 Å². The van der Waals surface area contributed by atoms with Crippen LogP contribution < -0.4 is 0 Å². The second-order valence-corrected chi connectivity index (χ2v) is 29.3. The van der Waals surface area contributed by atoms with Crippen molar-refractivity contribution < 1.29 is 27.2 Å². The van der Waals surface area contributed by atoms with E-state index in [9.17, 15) is 4.79 Å². The number of rotatable bonds is 10. The molecule has 0 aromatic rings. The summed E-state index contributed by atoms with van der Waals surface area (Å²) in [5.41, 5.74) is 0. The molecular weight excluding hydrogens is 425 g/mol. The van der Waals surface area contributed by atoms with Gasteiger partial charge < -0.3 is 22.4 Å². The van der Waals surface area contributed by atoms with E-state index in [1.54, 1.807) is 0 Å². The second-order valence-electron chi connectivity index (χ2n) is 11.4. The first-order valence-electron chi connectivity index (χ1n) is 10.2. The molecule has 0 unspecified atom stereocenters. The first-order valence-corrected chi connectivity index (χ1v) is 23.8. The van der Waals surface area contributed by atoms with Crippen LogP contribution >= 0.6 is 0 Å². The van der Waals surface area contributed by atoms with Crippen molar-refractivity contribution in [1.29, 1.82) is 0 Å². The fourth-order valence-corrected chi connectivity index (χ4v) is 6.72. The largest absolute Gasteiger partial charge is 0.455 e. The highest BCUT2D eigenvalue weighted by atomic mass is 28.4. The van der Waals surface area contributed by atoms with Crippen LogP contribution in [0.25, 0.3) is 0 Å². The van der Waals surface area contributed by atoms with E-state index < -0.39 is 51.6 Å². The number of carbonyl (C=O) groups excluding carboxylic acids is 1. The molecule has 6 nitrogen and oxygen atoms in total. The molecule has 0 spiro atoms. The molecule has 28 heavy (non-hydrogen) atoms. The number of hydrogen-bond donors (Lipinski definition) is 0. The summed E-state index contributed by atoms with van der Waals surface area (Å²) in [6.45, 7) is 25.8. The quantitative estimate of drug-likeness (QED) is 0.351. The molecule has 0 aromatic carbocycles. The van der Waals surface area contributed by atoms with Gasteiger partial charge in [0.15, 0.2) is 45.5 Å². The summed E-state index contributed by atoms with van der Waals surface area (Å²) in [7, 11) is -7.56. The van der Waals surface area contributed by atoms with Crippen molar-refractivity contribution in [3.8, 4) is 0 Å². The first-order chi connectivity index (χ1) is 12.3. The summed E-state index contributed by atoms with van der Waals surface area (Å²) in [6, 6.07) is 0. The molecule has 1 fully saturated rings. The van der Waals surface area contributed by atoms with Gasteiger partial charge >= 0.3 is 5.97 Å². The summed E-state index contributed by atoms with van der Waals surface area (Å²) < 4.78 is 31.1. The third kappa shape index (κ3) is 9.79. The van der Waals surface area contributed by atoms with Crippen molar-refractivity contribution in [2.24, 2.45) is 0 Å². The van der Waals surface area contributed by atoms with Gasteiger partial charge in [0.1, 0.15) is 12.2 Å². The predicted molar refractivity (Wildman–Crippen MR) is 124 cm³/mol. The van der Waals surface area contributed by atoms with Crippen molar-refractivity contribution in [3.05, 3.63) is 0 Å². The smallest absolute Gasteiger partial charge is 0.337 e. The Morgan fingerprint density at radius 1 is 0.786 bits per heavy atom. The average Bonchev–Trinajstić information content (AvgIpc) is 2.66. The zero-order valence-electron chi connectivity index (χ0n) is 20.0. The average molecular weight is 467 g/mol. The lowest BCUT2D eigenvalue weighted by molar-refractivity contribution is -0.150. The van der Waals surface area contributed by atoms with Gasteiger partial charge in [-0.1, -0.05) is 0 Å². The maximum Gasteiger partial charge on any atom is 0.337 e. The van der Waals surface area contributed by atoms with Crippen LogP contribution in [0, 0.1) is 0 Å². The molecule has 0 amide bonds. The Labute approximate surface area is 176 Å². The fourth-order valence-electron chi connectivity index (χ4n) is 2.88. The molecule has 0 radical (unpaired) electrons. The molecule has 1 rings (SSSR count). The topological polar surface area (TPSA) is 63.2 Å². The van der Waals surface area contributed by atoms with Gasteiger partial charge in [-0.15, -0.1) is 0 Å². The van der Waals surface area contributed by atoms with E-state index in [1.807, 2.05) is 0 Å². The van der Waals surface area contributed by atoms with Crippen molar-refractivity contribution in [2.75, 3.05) is 6.61 Å². The van der Waals surface area contributed by atoms with Crippen LogP contribution in [-0.2, 0) is 27.2 Å². The second kappa shape index (κ2) is 9.12. The van der Waals surface area contributed by atoms with Crippen molar-refractivity contribution in [1.82, 2.24) is 0 Å². The summed E-state index contributed by atoms with van der Waals surface area (Å²) in [4.78, 5) is 12.8. The van der Waals surface area contributed by atoms with Crippen LogP contribution in [0.1, 0.15) is 0 Å². The Balaban J connectivity index is 3.20. The summed E-state index contributed by atoms with van der Waals surface area (Å²) in [6.07, 6.45) is -2.01.